The van der Waals surface area contributed by atoms with Gasteiger partial charge in [0.05, 0.1) is 11.3 Å². The molecule has 0 aliphatic heterocycles. The SMILES string of the molecule is CNS(=O)(=O)c1ccc(CNc2cc(Cl)ccc2C#N)s1. The Morgan fingerprint density at radius 3 is 2.76 bits per heavy atom. The van der Waals surface area contributed by atoms with E-state index in [2.05, 4.69) is 16.1 Å². The molecule has 0 saturated heterocycles. The number of halogens is 1. The van der Waals surface area contributed by atoms with E-state index in [0.717, 1.165) is 4.88 Å². The van der Waals surface area contributed by atoms with Crippen LogP contribution in [-0.2, 0) is 16.6 Å². The summed E-state index contributed by atoms with van der Waals surface area (Å²) >= 11 is 7.08. The number of hydrogen-bond donors (Lipinski definition) is 2. The fourth-order valence-electron chi connectivity index (χ4n) is 1.64. The van der Waals surface area contributed by atoms with Gasteiger partial charge in [-0.3, -0.25) is 0 Å². The first-order valence-corrected chi connectivity index (χ1v) is 8.60. The van der Waals surface area contributed by atoms with Crippen molar-refractivity contribution in [3.05, 3.63) is 45.8 Å². The topological polar surface area (TPSA) is 82.0 Å². The van der Waals surface area contributed by atoms with E-state index in [4.69, 9.17) is 16.9 Å². The molecule has 0 aliphatic rings. The van der Waals surface area contributed by atoms with Crippen molar-refractivity contribution in [1.29, 1.82) is 5.26 Å². The molecule has 21 heavy (non-hydrogen) atoms. The van der Waals surface area contributed by atoms with E-state index in [1.54, 1.807) is 30.3 Å². The molecule has 110 valence electrons. The highest BCUT2D eigenvalue weighted by molar-refractivity contribution is 7.91. The summed E-state index contributed by atoms with van der Waals surface area (Å²) in [6, 6.07) is 10.3. The predicted octanol–water partition coefficient (Wildman–Crippen LogP) is 2.79. The van der Waals surface area contributed by atoms with Gasteiger partial charge in [0.15, 0.2) is 0 Å². The molecule has 0 amide bonds. The molecule has 0 unspecified atom stereocenters. The van der Waals surface area contributed by atoms with Crippen LogP contribution in [0.5, 0.6) is 0 Å². The number of hydrogen-bond acceptors (Lipinski definition) is 5. The van der Waals surface area contributed by atoms with Gasteiger partial charge >= 0.3 is 0 Å². The van der Waals surface area contributed by atoms with Crippen LogP contribution >= 0.6 is 22.9 Å². The summed E-state index contributed by atoms with van der Waals surface area (Å²) in [4.78, 5) is 0.840. The zero-order valence-corrected chi connectivity index (χ0v) is 13.4. The minimum Gasteiger partial charge on any atom is -0.379 e. The fourth-order valence-corrected chi connectivity index (χ4v) is 3.95. The van der Waals surface area contributed by atoms with Crippen LogP contribution < -0.4 is 10.0 Å². The highest BCUT2D eigenvalue weighted by Gasteiger charge is 2.14. The lowest BCUT2D eigenvalue weighted by Gasteiger charge is -2.07. The van der Waals surface area contributed by atoms with Gasteiger partial charge in [0.2, 0.25) is 10.0 Å². The van der Waals surface area contributed by atoms with Gasteiger partial charge in [-0.15, -0.1) is 11.3 Å². The number of benzene rings is 1. The van der Waals surface area contributed by atoms with Crippen LogP contribution in [0.3, 0.4) is 0 Å². The van der Waals surface area contributed by atoms with Gasteiger partial charge in [0, 0.05) is 16.4 Å². The van der Waals surface area contributed by atoms with E-state index in [-0.39, 0.29) is 4.21 Å². The van der Waals surface area contributed by atoms with Gasteiger partial charge in [-0.25, -0.2) is 13.1 Å². The maximum Gasteiger partial charge on any atom is 0.249 e. The van der Waals surface area contributed by atoms with Crippen molar-refractivity contribution in [1.82, 2.24) is 4.72 Å². The first-order chi connectivity index (χ1) is 9.96. The quantitative estimate of drug-likeness (QED) is 0.876. The van der Waals surface area contributed by atoms with Crippen LogP contribution in [0, 0.1) is 11.3 Å². The van der Waals surface area contributed by atoms with Gasteiger partial charge < -0.3 is 5.32 Å². The van der Waals surface area contributed by atoms with Crippen LogP contribution in [0.25, 0.3) is 0 Å². The first-order valence-electron chi connectivity index (χ1n) is 5.92. The lowest BCUT2D eigenvalue weighted by atomic mass is 10.2. The molecule has 8 heteroatoms. The Labute approximate surface area is 132 Å². The average Bonchev–Trinajstić information content (AvgIpc) is 2.95. The van der Waals surface area contributed by atoms with Crippen molar-refractivity contribution in [2.24, 2.45) is 0 Å². The number of nitrogens with one attached hydrogen (secondary N) is 2. The standard InChI is InChI=1S/C13H12ClN3O2S2/c1-16-21(18,19)13-5-4-11(20-13)8-17-12-6-10(14)3-2-9(12)7-15/h2-6,16-17H,8H2,1H3. The molecule has 0 radical (unpaired) electrons. The van der Waals surface area contributed by atoms with E-state index in [0.29, 0.717) is 22.8 Å². The van der Waals surface area contributed by atoms with Crippen molar-refractivity contribution in [3.8, 4) is 6.07 Å². The number of rotatable bonds is 5. The van der Waals surface area contributed by atoms with Gasteiger partial charge in [0.1, 0.15) is 10.3 Å². The molecule has 5 nitrogen and oxygen atoms in total. The molecule has 1 heterocycles. The molecule has 1 aromatic carbocycles. The molecular weight excluding hydrogens is 330 g/mol. The van der Waals surface area contributed by atoms with Crippen LogP contribution in [-0.4, -0.2) is 15.5 Å². The first kappa shape index (κ1) is 15.8. The number of nitriles is 1. The minimum atomic E-state index is -3.41. The third kappa shape index (κ3) is 3.74. The predicted molar refractivity (Wildman–Crippen MR) is 84.1 cm³/mol. The second kappa shape index (κ2) is 6.45. The Balaban J connectivity index is 2.15. The van der Waals surface area contributed by atoms with Gasteiger partial charge in [-0.1, -0.05) is 11.6 Å². The molecule has 2 N–H and O–H groups in total. The normalized spacial score (nSPS) is 11.1. The highest BCUT2D eigenvalue weighted by Crippen LogP contribution is 2.24. The molecule has 1 aromatic heterocycles. The molecule has 0 fully saturated rings. The molecule has 0 atom stereocenters. The monoisotopic (exact) mass is 341 g/mol. The number of anilines is 1. The number of nitrogens with zero attached hydrogens (tertiary/aromatic N) is 1. The Bertz CT molecular complexity index is 794. The lowest BCUT2D eigenvalue weighted by Crippen LogP contribution is -2.17. The fraction of sp³-hybridized carbons (Fsp3) is 0.154. The van der Waals surface area contributed by atoms with Crippen molar-refractivity contribution in [2.45, 2.75) is 10.8 Å². The summed E-state index contributed by atoms with van der Waals surface area (Å²) in [6.07, 6.45) is 0. The van der Waals surface area contributed by atoms with Crippen LogP contribution in [0.2, 0.25) is 5.02 Å². The molecule has 2 rings (SSSR count). The summed E-state index contributed by atoms with van der Waals surface area (Å²) in [5, 5.41) is 12.7. The summed E-state index contributed by atoms with van der Waals surface area (Å²) in [6.45, 7) is 0.416. The van der Waals surface area contributed by atoms with E-state index in [9.17, 15) is 8.42 Å². The Hall–Kier alpha value is -1.59. The van der Waals surface area contributed by atoms with Crippen LogP contribution in [0.4, 0.5) is 5.69 Å². The summed E-state index contributed by atoms with van der Waals surface area (Å²) in [5.74, 6) is 0. The summed E-state index contributed by atoms with van der Waals surface area (Å²) in [7, 11) is -2.04. The van der Waals surface area contributed by atoms with Crippen molar-refractivity contribution in [3.63, 3.8) is 0 Å². The largest absolute Gasteiger partial charge is 0.379 e. The number of thiophene rings is 1. The Morgan fingerprint density at radius 1 is 1.33 bits per heavy atom. The van der Waals surface area contributed by atoms with Crippen molar-refractivity contribution < 1.29 is 8.42 Å². The number of sulfonamides is 1. The third-order valence-electron chi connectivity index (χ3n) is 2.73. The Kier molecular flexibility index (Phi) is 4.85. The third-order valence-corrected chi connectivity index (χ3v) is 5.95. The lowest BCUT2D eigenvalue weighted by molar-refractivity contribution is 0.590. The van der Waals surface area contributed by atoms with E-state index >= 15 is 0 Å². The van der Waals surface area contributed by atoms with E-state index in [1.807, 2.05) is 0 Å². The summed E-state index contributed by atoms with van der Waals surface area (Å²) < 4.78 is 25.8. The Morgan fingerprint density at radius 2 is 2.10 bits per heavy atom. The maximum absolute atomic E-state index is 11.7. The molecule has 0 saturated carbocycles. The highest BCUT2D eigenvalue weighted by atomic mass is 35.5. The summed E-state index contributed by atoms with van der Waals surface area (Å²) in [5.41, 5.74) is 1.11. The van der Waals surface area contributed by atoms with Gasteiger partial charge in [-0.2, -0.15) is 5.26 Å². The minimum absolute atomic E-state index is 0.258. The average molecular weight is 342 g/mol. The second-order valence-electron chi connectivity index (χ2n) is 4.08. The molecule has 2 aromatic rings. The molecular formula is C13H12ClN3O2S2. The molecule has 0 spiro atoms. The van der Waals surface area contributed by atoms with Crippen LogP contribution in [0.15, 0.2) is 34.5 Å². The molecule has 0 bridgehead atoms. The van der Waals surface area contributed by atoms with E-state index < -0.39 is 10.0 Å². The van der Waals surface area contributed by atoms with Crippen LogP contribution in [0.1, 0.15) is 10.4 Å². The van der Waals surface area contributed by atoms with Gasteiger partial charge in [-0.05, 0) is 37.4 Å². The molecule has 0 aliphatic carbocycles. The smallest absolute Gasteiger partial charge is 0.249 e. The zero-order valence-electron chi connectivity index (χ0n) is 11.1. The second-order valence-corrected chi connectivity index (χ2v) is 7.80. The van der Waals surface area contributed by atoms with Crippen molar-refractivity contribution in [2.75, 3.05) is 12.4 Å². The van der Waals surface area contributed by atoms with Gasteiger partial charge in [0.25, 0.3) is 0 Å². The van der Waals surface area contributed by atoms with Crippen molar-refractivity contribution >= 4 is 38.6 Å². The zero-order chi connectivity index (χ0) is 15.5. The van der Waals surface area contributed by atoms with E-state index in [1.165, 1.54) is 18.4 Å². The maximum atomic E-state index is 11.7.